The van der Waals surface area contributed by atoms with Crippen LogP contribution in [-0.2, 0) is 17.3 Å². The lowest BCUT2D eigenvalue weighted by atomic mass is 9.79. The monoisotopic (exact) mass is 750 g/mol. The summed E-state index contributed by atoms with van der Waals surface area (Å²) in [4.78, 5) is 17.6. The van der Waals surface area contributed by atoms with Crippen molar-refractivity contribution < 1.29 is 9.52 Å². The molecule has 0 atom stereocenters. The molecule has 0 amide bonds. The quantitative estimate of drug-likeness (QED) is 0.167. The smallest absolute Gasteiger partial charge is 0.180 e. The predicted octanol–water partition coefficient (Wildman–Crippen LogP) is 13.7. The summed E-state index contributed by atoms with van der Waals surface area (Å²) >= 11 is 0. The molecule has 0 spiro atoms. The molecule has 0 saturated heterocycles. The Morgan fingerprint density at radius 2 is 1.37 bits per heavy atom. The third-order valence-corrected chi connectivity index (χ3v) is 10.5. The van der Waals surface area contributed by atoms with Gasteiger partial charge in [-0.2, -0.15) is 0 Å². The molecular weight excluding hydrogens is 701 g/mol. The zero-order valence-electron chi connectivity index (χ0n) is 34.1. The van der Waals surface area contributed by atoms with Gasteiger partial charge in [-0.25, -0.2) is 15.0 Å². The first-order valence-electron chi connectivity index (χ1n) is 19.8. The highest BCUT2D eigenvalue weighted by Crippen LogP contribution is 2.44. The van der Waals surface area contributed by atoms with Crippen LogP contribution in [0.15, 0.2) is 138 Å². The molecule has 1 N–H and O–H groups in total. The van der Waals surface area contributed by atoms with Gasteiger partial charge in [0, 0.05) is 34.1 Å². The molecule has 0 aliphatic carbocycles. The van der Waals surface area contributed by atoms with E-state index in [1.165, 1.54) is 0 Å². The highest BCUT2D eigenvalue weighted by atomic mass is 16.3. The van der Waals surface area contributed by atoms with E-state index in [-0.39, 0.29) is 16.6 Å². The normalized spacial score (nSPS) is 12.2. The second-order valence-corrected chi connectivity index (χ2v) is 17.5. The fourth-order valence-electron chi connectivity index (χ4n) is 7.58. The topological polar surface area (TPSA) is 75.3 Å². The molecule has 6 nitrogen and oxygen atoms in total. The molecule has 0 saturated carbocycles. The third-order valence-electron chi connectivity index (χ3n) is 10.5. The molecule has 0 fully saturated rings. The molecule has 0 bridgehead atoms. The van der Waals surface area contributed by atoms with Crippen molar-refractivity contribution in [3.8, 4) is 39.5 Å². The van der Waals surface area contributed by atoms with E-state index in [9.17, 15) is 5.11 Å². The molecule has 57 heavy (non-hydrogen) atoms. The summed E-state index contributed by atoms with van der Waals surface area (Å²) in [6.45, 7) is 17.4. The Hall–Kier alpha value is -6.27. The van der Waals surface area contributed by atoms with Gasteiger partial charge < -0.3 is 9.52 Å². The molecule has 8 rings (SSSR count). The Morgan fingerprint density at radius 1 is 0.667 bits per heavy atom. The van der Waals surface area contributed by atoms with Crippen LogP contribution in [-0.4, -0.2) is 20.1 Å². The van der Waals surface area contributed by atoms with Gasteiger partial charge in [0.1, 0.15) is 28.4 Å². The number of anilines is 3. The first-order valence-corrected chi connectivity index (χ1v) is 19.8. The number of phenolic OH excluding ortho intramolecular Hbond substituents is 1. The fraction of sp³-hybridized carbons (Fsp3) is 0.235. The maximum absolute atomic E-state index is 12.1. The van der Waals surface area contributed by atoms with Crippen LogP contribution in [0.2, 0.25) is 0 Å². The Kier molecular flexibility index (Phi) is 9.69. The van der Waals surface area contributed by atoms with Crippen molar-refractivity contribution in [2.45, 2.75) is 72.6 Å². The SMILES string of the molecule is CC(C)Cc1cc(-c2nc(-c3cc(C(C)(C)C)cc(C(C)(C)C)c3O)nc3c2oc2ccccc23)cc(N(c2ccc(-c3ccccc3)cc2)c2ccccn2)c1. The standard InChI is InChI=1S/C51H50N4O2/c1-32(2)26-33-27-36(29-39(28-33)55(44-20-14-15-25-52-44)38-23-21-35(22-24-38)34-16-10-9-11-17-34)45-48-46(40-18-12-13-19-43(40)57-48)54-49(53-45)41-30-37(50(3,4)5)31-42(47(41)56)51(6,7)8/h9-25,27-32,56H,26H2,1-8H3. The minimum atomic E-state index is -0.316. The molecule has 0 aliphatic heterocycles. The van der Waals surface area contributed by atoms with Gasteiger partial charge >= 0.3 is 0 Å². The fourth-order valence-corrected chi connectivity index (χ4v) is 7.58. The molecule has 286 valence electrons. The number of benzene rings is 5. The summed E-state index contributed by atoms with van der Waals surface area (Å²) in [5, 5.41) is 12.9. The number of furan rings is 1. The molecule has 0 aliphatic rings. The number of rotatable bonds is 8. The van der Waals surface area contributed by atoms with E-state index < -0.39 is 0 Å². The first kappa shape index (κ1) is 37.6. The van der Waals surface area contributed by atoms with Gasteiger partial charge in [-0.05, 0) is 106 Å². The van der Waals surface area contributed by atoms with E-state index in [0.29, 0.717) is 34.1 Å². The number of phenols is 1. The summed E-state index contributed by atoms with van der Waals surface area (Å²) in [7, 11) is 0. The zero-order chi connectivity index (χ0) is 40.1. The molecule has 0 radical (unpaired) electrons. The van der Waals surface area contributed by atoms with Crippen LogP contribution in [0.1, 0.15) is 72.1 Å². The molecule has 8 aromatic rings. The van der Waals surface area contributed by atoms with E-state index >= 15 is 0 Å². The highest BCUT2D eigenvalue weighted by Gasteiger charge is 2.28. The van der Waals surface area contributed by atoms with Crippen LogP contribution in [0.4, 0.5) is 17.2 Å². The predicted molar refractivity (Wildman–Crippen MR) is 236 cm³/mol. The van der Waals surface area contributed by atoms with E-state index in [0.717, 1.165) is 68.0 Å². The zero-order valence-corrected chi connectivity index (χ0v) is 34.1. The number of fused-ring (bicyclic) bond motifs is 3. The Balaban J connectivity index is 1.39. The van der Waals surface area contributed by atoms with Gasteiger partial charge in [0.2, 0.25) is 0 Å². The number of para-hydroxylation sites is 1. The van der Waals surface area contributed by atoms with Crippen LogP contribution >= 0.6 is 0 Å². The van der Waals surface area contributed by atoms with E-state index in [1.54, 1.807) is 0 Å². The maximum Gasteiger partial charge on any atom is 0.180 e. The second-order valence-electron chi connectivity index (χ2n) is 17.5. The minimum Gasteiger partial charge on any atom is -0.507 e. The lowest BCUT2D eigenvalue weighted by Gasteiger charge is -2.27. The second kappa shape index (κ2) is 14.7. The van der Waals surface area contributed by atoms with Gasteiger partial charge in [0.05, 0.1) is 5.56 Å². The lowest BCUT2D eigenvalue weighted by Crippen LogP contribution is -2.17. The summed E-state index contributed by atoms with van der Waals surface area (Å²) < 4.78 is 6.65. The van der Waals surface area contributed by atoms with Crippen molar-refractivity contribution in [1.82, 2.24) is 15.0 Å². The average Bonchev–Trinajstić information content (AvgIpc) is 3.56. The molecule has 5 aromatic carbocycles. The average molecular weight is 751 g/mol. The van der Waals surface area contributed by atoms with Crippen molar-refractivity contribution in [3.05, 3.63) is 150 Å². The largest absolute Gasteiger partial charge is 0.507 e. The van der Waals surface area contributed by atoms with Crippen LogP contribution < -0.4 is 4.90 Å². The van der Waals surface area contributed by atoms with Crippen LogP contribution in [0, 0.1) is 5.92 Å². The summed E-state index contributed by atoms with van der Waals surface area (Å²) in [6.07, 6.45) is 2.69. The van der Waals surface area contributed by atoms with Gasteiger partial charge in [0.15, 0.2) is 11.4 Å². The van der Waals surface area contributed by atoms with E-state index in [1.807, 2.05) is 54.7 Å². The molecule has 0 unspecified atom stereocenters. The van der Waals surface area contributed by atoms with Crippen molar-refractivity contribution in [2.75, 3.05) is 4.90 Å². The van der Waals surface area contributed by atoms with Gasteiger partial charge in [0.25, 0.3) is 0 Å². The third kappa shape index (κ3) is 7.52. The lowest BCUT2D eigenvalue weighted by molar-refractivity contribution is 0.446. The summed E-state index contributed by atoms with van der Waals surface area (Å²) in [5.74, 6) is 1.85. The number of hydrogen-bond donors (Lipinski definition) is 1. The molecular formula is C51H50N4O2. The molecule has 3 aromatic heterocycles. The van der Waals surface area contributed by atoms with Crippen molar-refractivity contribution in [3.63, 3.8) is 0 Å². The van der Waals surface area contributed by atoms with Crippen molar-refractivity contribution in [1.29, 1.82) is 0 Å². The minimum absolute atomic E-state index is 0.175. The Bertz CT molecular complexity index is 2700. The Labute approximate surface area is 335 Å². The van der Waals surface area contributed by atoms with Crippen LogP contribution in [0.5, 0.6) is 5.75 Å². The maximum atomic E-state index is 12.1. The van der Waals surface area contributed by atoms with E-state index in [4.69, 9.17) is 19.4 Å². The van der Waals surface area contributed by atoms with Crippen molar-refractivity contribution >= 4 is 39.3 Å². The van der Waals surface area contributed by atoms with Crippen LogP contribution in [0.3, 0.4) is 0 Å². The molecule has 6 heteroatoms. The van der Waals surface area contributed by atoms with Gasteiger partial charge in [-0.1, -0.05) is 122 Å². The van der Waals surface area contributed by atoms with E-state index in [2.05, 4.69) is 139 Å². The van der Waals surface area contributed by atoms with Crippen LogP contribution in [0.25, 0.3) is 55.8 Å². The van der Waals surface area contributed by atoms with Gasteiger partial charge in [-0.15, -0.1) is 0 Å². The number of nitrogens with zero attached hydrogens (tertiary/aromatic N) is 4. The summed E-state index contributed by atoms with van der Waals surface area (Å²) in [5.41, 5.74) is 11.1. The summed E-state index contributed by atoms with van der Waals surface area (Å²) in [6, 6.07) is 43.9. The highest BCUT2D eigenvalue weighted by molar-refractivity contribution is 6.07. The Morgan fingerprint density at radius 3 is 2.05 bits per heavy atom. The number of aromatic hydroxyl groups is 1. The van der Waals surface area contributed by atoms with Gasteiger partial charge in [-0.3, -0.25) is 4.90 Å². The molecule has 3 heterocycles. The van der Waals surface area contributed by atoms with Crippen molar-refractivity contribution in [2.24, 2.45) is 5.92 Å². The number of pyridine rings is 1. The number of hydrogen-bond acceptors (Lipinski definition) is 6. The number of aromatic nitrogens is 3. The first-order chi connectivity index (χ1) is 27.2.